The molecule has 29 heavy (non-hydrogen) atoms. The molecule has 164 valence electrons. The molecular weight excluding hydrogens is 475 g/mol. The van der Waals surface area contributed by atoms with Crippen LogP contribution in [0.2, 0.25) is 0 Å². The van der Waals surface area contributed by atoms with Gasteiger partial charge in [0.05, 0.1) is 6.61 Å². The molecule has 0 bridgehead atoms. The lowest BCUT2D eigenvalue weighted by Gasteiger charge is -2.23. The van der Waals surface area contributed by atoms with Crippen molar-refractivity contribution < 1.29 is 4.74 Å². The molecular formula is C23H39IN4O. The number of ether oxygens (including phenoxy) is 1. The molecule has 1 aromatic carbocycles. The van der Waals surface area contributed by atoms with E-state index in [0.717, 1.165) is 50.3 Å². The van der Waals surface area contributed by atoms with Crippen LogP contribution in [0.15, 0.2) is 29.3 Å². The second kappa shape index (κ2) is 12.6. The van der Waals surface area contributed by atoms with Crippen LogP contribution in [0.25, 0.3) is 0 Å². The van der Waals surface area contributed by atoms with Crippen LogP contribution in [0, 0.1) is 11.8 Å². The Kier molecular flexibility index (Phi) is 10.6. The number of guanidine groups is 1. The number of nitrogens with zero attached hydrogens (tertiary/aromatic N) is 3. The number of benzene rings is 1. The van der Waals surface area contributed by atoms with Crippen LogP contribution in [0.5, 0.6) is 5.75 Å². The second-order valence-electron chi connectivity index (χ2n) is 8.68. The van der Waals surface area contributed by atoms with E-state index >= 15 is 0 Å². The van der Waals surface area contributed by atoms with Gasteiger partial charge < -0.3 is 19.9 Å². The van der Waals surface area contributed by atoms with E-state index in [9.17, 15) is 0 Å². The van der Waals surface area contributed by atoms with Crippen molar-refractivity contribution in [1.29, 1.82) is 0 Å². The summed E-state index contributed by atoms with van der Waals surface area (Å²) in [5, 5.41) is 3.56. The maximum absolute atomic E-state index is 5.76. The van der Waals surface area contributed by atoms with Crippen molar-refractivity contribution in [2.24, 2.45) is 16.8 Å². The molecule has 1 atom stereocenters. The number of aliphatic imine (C=N–C) groups is 1. The molecule has 2 saturated heterocycles. The highest BCUT2D eigenvalue weighted by Gasteiger charge is 2.27. The van der Waals surface area contributed by atoms with Gasteiger partial charge in [0, 0.05) is 33.2 Å². The van der Waals surface area contributed by atoms with Gasteiger partial charge in [-0.1, -0.05) is 26.0 Å². The van der Waals surface area contributed by atoms with Crippen LogP contribution in [-0.2, 0) is 6.42 Å². The van der Waals surface area contributed by atoms with E-state index in [2.05, 4.69) is 58.2 Å². The van der Waals surface area contributed by atoms with Crippen molar-refractivity contribution in [2.75, 3.05) is 52.9 Å². The zero-order valence-corrected chi connectivity index (χ0v) is 20.7. The largest absolute Gasteiger partial charge is 0.493 e. The Hall–Kier alpha value is -1.02. The molecule has 1 N–H and O–H groups in total. The predicted molar refractivity (Wildman–Crippen MR) is 133 cm³/mol. The highest BCUT2D eigenvalue weighted by molar-refractivity contribution is 14.0. The molecule has 1 unspecified atom stereocenters. The van der Waals surface area contributed by atoms with E-state index in [4.69, 9.17) is 4.74 Å². The maximum atomic E-state index is 5.76. The molecule has 2 heterocycles. The summed E-state index contributed by atoms with van der Waals surface area (Å²) in [5.74, 6) is 3.36. The minimum absolute atomic E-state index is 0. The van der Waals surface area contributed by atoms with Crippen LogP contribution in [0.1, 0.15) is 38.7 Å². The van der Waals surface area contributed by atoms with Crippen molar-refractivity contribution in [3.63, 3.8) is 0 Å². The summed E-state index contributed by atoms with van der Waals surface area (Å²) in [7, 11) is 1.90. The number of halogens is 1. The van der Waals surface area contributed by atoms with E-state index in [1.54, 1.807) is 0 Å². The van der Waals surface area contributed by atoms with Crippen LogP contribution in [0.4, 0.5) is 0 Å². The normalized spacial score (nSPS) is 20.2. The Balaban J connectivity index is 0.00000300. The Morgan fingerprint density at radius 3 is 2.55 bits per heavy atom. The van der Waals surface area contributed by atoms with E-state index in [0.29, 0.717) is 5.92 Å². The van der Waals surface area contributed by atoms with Crippen molar-refractivity contribution in [3.8, 4) is 5.75 Å². The SMILES string of the molecule is CN=C(NCCc1ccc(OCC(C)C)cc1)N1CCC(CN2CCCC2)C1.I. The third kappa shape index (κ3) is 7.96. The van der Waals surface area contributed by atoms with Gasteiger partial charge in [0.15, 0.2) is 5.96 Å². The first-order valence-corrected chi connectivity index (χ1v) is 11.0. The fourth-order valence-corrected chi connectivity index (χ4v) is 4.17. The Morgan fingerprint density at radius 1 is 1.17 bits per heavy atom. The molecule has 5 nitrogen and oxygen atoms in total. The Labute approximate surface area is 194 Å². The van der Waals surface area contributed by atoms with Gasteiger partial charge in [0.1, 0.15) is 5.75 Å². The van der Waals surface area contributed by atoms with Gasteiger partial charge in [-0.2, -0.15) is 0 Å². The average Bonchev–Trinajstić information content (AvgIpc) is 3.37. The van der Waals surface area contributed by atoms with Gasteiger partial charge in [-0.15, -0.1) is 24.0 Å². The van der Waals surface area contributed by atoms with Gasteiger partial charge in [-0.05, 0) is 68.3 Å². The number of rotatable bonds is 8. The lowest BCUT2D eigenvalue weighted by Crippen LogP contribution is -2.41. The molecule has 0 spiro atoms. The topological polar surface area (TPSA) is 40.1 Å². The fourth-order valence-electron chi connectivity index (χ4n) is 4.17. The van der Waals surface area contributed by atoms with Gasteiger partial charge in [-0.3, -0.25) is 4.99 Å². The van der Waals surface area contributed by atoms with Crippen molar-refractivity contribution in [2.45, 2.75) is 39.5 Å². The molecule has 0 aliphatic carbocycles. The van der Waals surface area contributed by atoms with Crippen molar-refractivity contribution in [1.82, 2.24) is 15.1 Å². The van der Waals surface area contributed by atoms with E-state index in [1.807, 2.05) is 7.05 Å². The number of likely N-dealkylation sites (tertiary alicyclic amines) is 2. The zero-order valence-electron chi connectivity index (χ0n) is 18.4. The summed E-state index contributed by atoms with van der Waals surface area (Å²) < 4.78 is 5.76. The third-order valence-electron chi connectivity index (χ3n) is 5.72. The van der Waals surface area contributed by atoms with Crippen molar-refractivity contribution >= 4 is 29.9 Å². The number of nitrogens with one attached hydrogen (secondary N) is 1. The molecule has 2 aliphatic heterocycles. The molecule has 1 aromatic rings. The molecule has 0 aromatic heterocycles. The van der Waals surface area contributed by atoms with Crippen molar-refractivity contribution in [3.05, 3.63) is 29.8 Å². The molecule has 2 fully saturated rings. The monoisotopic (exact) mass is 514 g/mol. The number of hydrogen-bond acceptors (Lipinski definition) is 3. The summed E-state index contributed by atoms with van der Waals surface area (Å²) in [6.07, 6.45) is 5.04. The smallest absolute Gasteiger partial charge is 0.193 e. The summed E-state index contributed by atoms with van der Waals surface area (Å²) in [6.45, 7) is 12.1. The minimum Gasteiger partial charge on any atom is -0.493 e. The fraction of sp³-hybridized carbons (Fsp3) is 0.696. The van der Waals surface area contributed by atoms with Gasteiger partial charge in [0.2, 0.25) is 0 Å². The van der Waals surface area contributed by atoms with Crippen LogP contribution < -0.4 is 10.1 Å². The lowest BCUT2D eigenvalue weighted by molar-refractivity contribution is 0.271. The van der Waals surface area contributed by atoms with Gasteiger partial charge in [-0.25, -0.2) is 0 Å². The molecule has 2 aliphatic rings. The molecule has 6 heteroatoms. The van der Waals surface area contributed by atoms with Crippen LogP contribution in [0.3, 0.4) is 0 Å². The van der Waals surface area contributed by atoms with Crippen LogP contribution in [-0.4, -0.2) is 68.7 Å². The molecule has 3 rings (SSSR count). The van der Waals surface area contributed by atoms with Gasteiger partial charge in [0.25, 0.3) is 0 Å². The Bertz CT molecular complexity index is 614. The average molecular weight is 514 g/mol. The summed E-state index contributed by atoms with van der Waals surface area (Å²) in [6, 6.07) is 8.50. The Morgan fingerprint density at radius 2 is 1.90 bits per heavy atom. The first kappa shape index (κ1) is 24.3. The molecule has 0 radical (unpaired) electrons. The van der Waals surface area contributed by atoms with Crippen LogP contribution >= 0.6 is 24.0 Å². The minimum atomic E-state index is 0. The summed E-state index contributed by atoms with van der Waals surface area (Å²) in [5.41, 5.74) is 1.33. The van der Waals surface area contributed by atoms with E-state index in [-0.39, 0.29) is 24.0 Å². The summed E-state index contributed by atoms with van der Waals surface area (Å²) in [4.78, 5) is 9.59. The quantitative estimate of drug-likeness (QED) is 0.325. The predicted octanol–water partition coefficient (Wildman–Crippen LogP) is 3.88. The highest BCUT2D eigenvalue weighted by Crippen LogP contribution is 2.20. The zero-order chi connectivity index (χ0) is 19.8. The maximum Gasteiger partial charge on any atom is 0.193 e. The molecule has 0 saturated carbocycles. The standard InChI is InChI=1S/C23H38N4O.HI/c1-19(2)18-28-22-8-6-20(7-9-22)10-12-25-23(24-3)27-15-11-21(17-27)16-26-13-4-5-14-26;/h6-9,19,21H,4-5,10-18H2,1-3H3,(H,24,25);1H. The molecule has 0 amide bonds. The summed E-state index contributed by atoms with van der Waals surface area (Å²) >= 11 is 0. The highest BCUT2D eigenvalue weighted by atomic mass is 127. The third-order valence-corrected chi connectivity index (χ3v) is 5.72. The first-order chi connectivity index (χ1) is 13.6. The van der Waals surface area contributed by atoms with Gasteiger partial charge >= 0.3 is 0 Å². The van der Waals surface area contributed by atoms with E-state index in [1.165, 1.54) is 44.5 Å². The number of hydrogen-bond donors (Lipinski definition) is 1. The lowest BCUT2D eigenvalue weighted by atomic mass is 10.1. The second-order valence-corrected chi connectivity index (χ2v) is 8.68. The first-order valence-electron chi connectivity index (χ1n) is 11.0. The van der Waals surface area contributed by atoms with E-state index < -0.39 is 0 Å².